The van der Waals surface area contributed by atoms with Crippen LogP contribution >= 0.6 is 0 Å². The summed E-state index contributed by atoms with van der Waals surface area (Å²) in [5.41, 5.74) is -3.51. The van der Waals surface area contributed by atoms with E-state index in [-0.39, 0.29) is 36.1 Å². The Morgan fingerprint density at radius 1 is 0.732 bits per heavy atom. The highest BCUT2D eigenvalue weighted by Crippen LogP contribution is 2.45. The number of ether oxygens (including phenoxy) is 1. The predicted octanol–water partition coefficient (Wildman–Crippen LogP) is 7.18. The molecule has 0 saturated carbocycles. The Hall–Kier alpha value is -3.88. The maximum Gasteiger partial charge on any atom is 0.416 e. The Morgan fingerprint density at radius 2 is 1.32 bits per heavy atom. The van der Waals surface area contributed by atoms with E-state index in [2.05, 4.69) is 5.10 Å². The van der Waals surface area contributed by atoms with Gasteiger partial charge in [-0.3, -0.25) is 0 Å². The Morgan fingerprint density at radius 3 is 1.90 bits per heavy atom. The molecule has 4 nitrogen and oxygen atoms in total. The number of hydrazone groups is 1. The quantitative estimate of drug-likeness (QED) is 0.179. The molecule has 0 unspecified atom stereocenters. The number of amidine groups is 1. The molecule has 6 rings (SSSR count). The maximum absolute atomic E-state index is 14.5. The molecule has 2 aliphatic heterocycles. The van der Waals surface area contributed by atoms with E-state index in [1.165, 1.54) is 23.1 Å². The van der Waals surface area contributed by atoms with E-state index in [1.54, 1.807) is 0 Å². The van der Waals surface area contributed by atoms with Crippen LogP contribution in [0.1, 0.15) is 28.3 Å². The van der Waals surface area contributed by atoms with Crippen molar-refractivity contribution < 1.29 is 53.0 Å². The molecule has 15 heteroatoms. The van der Waals surface area contributed by atoms with Crippen LogP contribution in [0.15, 0.2) is 41.5 Å². The third kappa shape index (κ3) is 4.37. The normalized spacial score (nSPS) is 20.2. The number of morpholine rings is 1. The maximum atomic E-state index is 14.5. The van der Waals surface area contributed by atoms with Crippen molar-refractivity contribution in [1.82, 2.24) is 4.90 Å². The summed E-state index contributed by atoms with van der Waals surface area (Å²) < 4.78 is 156. The Kier molecular flexibility index (Phi) is 6.03. The van der Waals surface area contributed by atoms with Crippen molar-refractivity contribution in [2.45, 2.75) is 30.9 Å². The van der Waals surface area contributed by atoms with Gasteiger partial charge in [0.1, 0.15) is 19.0 Å². The van der Waals surface area contributed by atoms with Crippen LogP contribution < -0.4 is 5.01 Å². The number of hydrogen-bond acceptors (Lipinski definition) is 4. The van der Waals surface area contributed by atoms with E-state index in [0.717, 1.165) is 0 Å². The first-order valence-corrected chi connectivity index (χ1v) is 11.8. The third-order valence-electron chi connectivity index (χ3n) is 7.22. The first kappa shape index (κ1) is 27.3. The second-order valence-corrected chi connectivity index (χ2v) is 9.65. The molecule has 1 fully saturated rings. The van der Waals surface area contributed by atoms with E-state index in [4.69, 9.17) is 4.74 Å². The zero-order valence-electron chi connectivity index (χ0n) is 20.1. The van der Waals surface area contributed by atoms with Crippen LogP contribution in [0.3, 0.4) is 0 Å². The van der Waals surface area contributed by atoms with Gasteiger partial charge in [-0.1, -0.05) is 12.1 Å². The number of rotatable bonds is 2. The minimum Gasteiger partial charge on any atom is -0.367 e. The van der Waals surface area contributed by atoms with E-state index < -0.39 is 77.1 Å². The summed E-state index contributed by atoms with van der Waals surface area (Å²) in [7, 11) is 0. The number of hydrogen-bond donors (Lipinski definition) is 0. The number of halogens is 11. The summed E-state index contributed by atoms with van der Waals surface area (Å²) in [5, 5.41) is 4.56. The molecule has 0 bridgehead atoms. The van der Waals surface area contributed by atoms with Crippen molar-refractivity contribution in [3.63, 3.8) is 0 Å². The highest BCUT2D eigenvalue weighted by Gasteiger charge is 2.46. The van der Waals surface area contributed by atoms with E-state index >= 15 is 0 Å². The summed E-state index contributed by atoms with van der Waals surface area (Å²) in [4.78, 5) is 1.48. The Bertz CT molecular complexity index is 1550. The molecular formula is C26H14F11N3O. The van der Waals surface area contributed by atoms with Gasteiger partial charge in [0, 0.05) is 6.42 Å². The number of anilines is 1. The second kappa shape index (κ2) is 9.06. The topological polar surface area (TPSA) is 28.1 Å². The molecule has 2 heterocycles. The SMILES string of the molecule is Fc1c(F)c(F)c(N2CN3C(=N2)CO[C@H]2Cc4ccc(-c5cc(C(F)(F)F)cc(C(F)(F)F)c5)cc4[C@H]23)c(F)c1F. The van der Waals surface area contributed by atoms with Crippen LogP contribution in [0.5, 0.6) is 0 Å². The van der Waals surface area contributed by atoms with Gasteiger partial charge in [-0.25, -0.2) is 27.0 Å². The molecule has 2 atom stereocenters. The molecule has 1 saturated heterocycles. The number of alkyl halides is 6. The number of nitrogens with zero attached hydrogens (tertiary/aromatic N) is 3. The van der Waals surface area contributed by atoms with Gasteiger partial charge in [0.05, 0.1) is 23.3 Å². The first-order chi connectivity index (χ1) is 19.1. The molecule has 3 aromatic rings. The lowest BCUT2D eigenvalue weighted by molar-refractivity contribution is -0.143. The third-order valence-corrected chi connectivity index (χ3v) is 7.22. The zero-order valence-corrected chi connectivity index (χ0v) is 20.1. The van der Waals surface area contributed by atoms with Crippen molar-refractivity contribution in [1.29, 1.82) is 0 Å². The largest absolute Gasteiger partial charge is 0.416 e. The molecule has 0 spiro atoms. The van der Waals surface area contributed by atoms with Gasteiger partial charge >= 0.3 is 12.4 Å². The summed E-state index contributed by atoms with van der Waals surface area (Å²) in [6.07, 6.45) is -10.4. The standard InChI is InChI=1S/C26H14F11N3O/c27-18-19(28)21(30)24(22(31)20(18)29)40-9-39-17(38-40)8-41-16-6-11-2-1-10(5-15(11)23(16)39)12-3-13(25(32,33)34)7-14(4-12)26(35,36)37/h1-5,7,16,23H,6,8-9H2/t16-,23+/m0/s1. The molecule has 41 heavy (non-hydrogen) atoms. The lowest BCUT2D eigenvalue weighted by Crippen LogP contribution is -2.46. The minimum atomic E-state index is -5.05. The predicted molar refractivity (Wildman–Crippen MR) is 121 cm³/mol. The highest BCUT2D eigenvalue weighted by molar-refractivity contribution is 5.88. The van der Waals surface area contributed by atoms with Crippen LogP contribution in [-0.2, 0) is 23.5 Å². The number of fused-ring (bicyclic) bond motifs is 5. The average molecular weight is 593 g/mol. The Labute approximate surface area is 223 Å². The highest BCUT2D eigenvalue weighted by atomic mass is 19.4. The van der Waals surface area contributed by atoms with Gasteiger partial charge in [0.25, 0.3) is 0 Å². The monoisotopic (exact) mass is 593 g/mol. The molecule has 0 aromatic heterocycles. The van der Waals surface area contributed by atoms with Gasteiger partial charge in [0.15, 0.2) is 29.1 Å². The van der Waals surface area contributed by atoms with Gasteiger partial charge in [0.2, 0.25) is 5.82 Å². The summed E-state index contributed by atoms with van der Waals surface area (Å²) in [6, 6.07) is 4.71. The molecule has 1 aliphatic carbocycles. The molecule has 0 N–H and O–H groups in total. The number of benzene rings is 3. The van der Waals surface area contributed by atoms with Gasteiger partial charge < -0.3 is 9.64 Å². The van der Waals surface area contributed by atoms with Crippen molar-refractivity contribution in [3.8, 4) is 11.1 Å². The smallest absolute Gasteiger partial charge is 0.367 e. The molecular weight excluding hydrogens is 579 g/mol. The molecule has 216 valence electrons. The van der Waals surface area contributed by atoms with Crippen LogP contribution in [0.2, 0.25) is 0 Å². The summed E-state index contributed by atoms with van der Waals surface area (Å²) in [6.45, 7) is -0.653. The van der Waals surface area contributed by atoms with Crippen LogP contribution in [0.4, 0.5) is 54.0 Å². The van der Waals surface area contributed by atoms with E-state index in [9.17, 15) is 48.3 Å². The molecule has 0 amide bonds. The lowest BCUT2D eigenvalue weighted by atomic mass is 9.95. The van der Waals surface area contributed by atoms with Crippen LogP contribution in [-0.4, -0.2) is 30.1 Å². The van der Waals surface area contributed by atoms with Gasteiger partial charge in [-0.2, -0.15) is 31.4 Å². The van der Waals surface area contributed by atoms with E-state index in [0.29, 0.717) is 28.3 Å². The average Bonchev–Trinajstić information content (AvgIpc) is 3.50. The first-order valence-electron chi connectivity index (χ1n) is 11.8. The molecule has 3 aromatic carbocycles. The fraction of sp³-hybridized carbons (Fsp3) is 0.269. The van der Waals surface area contributed by atoms with Crippen molar-refractivity contribution >= 4 is 11.5 Å². The van der Waals surface area contributed by atoms with Gasteiger partial charge in [-0.15, -0.1) is 0 Å². The lowest BCUT2D eigenvalue weighted by Gasteiger charge is -2.37. The molecule has 3 aliphatic rings. The van der Waals surface area contributed by atoms with Crippen molar-refractivity contribution in [2.75, 3.05) is 18.3 Å². The van der Waals surface area contributed by atoms with Crippen molar-refractivity contribution in [2.24, 2.45) is 5.10 Å². The fourth-order valence-electron chi connectivity index (χ4n) is 5.34. The van der Waals surface area contributed by atoms with Crippen LogP contribution in [0, 0.1) is 29.1 Å². The zero-order chi connectivity index (χ0) is 29.6. The Balaban J connectivity index is 1.39. The summed E-state index contributed by atoms with van der Waals surface area (Å²) >= 11 is 0. The molecule has 0 radical (unpaired) electrons. The second-order valence-electron chi connectivity index (χ2n) is 9.65. The summed E-state index contributed by atoms with van der Waals surface area (Å²) in [5.74, 6) is -10.8. The van der Waals surface area contributed by atoms with E-state index in [1.807, 2.05) is 0 Å². The van der Waals surface area contributed by atoms with Crippen molar-refractivity contribution in [3.05, 3.63) is 87.7 Å². The fourth-order valence-corrected chi connectivity index (χ4v) is 5.34. The van der Waals surface area contributed by atoms with Crippen LogP contribution in [0.25, 0.3) is 11.1 Å². The minimum absolute atomic E-state index is 0.0167. The van der Waals surface area contributed by atoms with Gasteiger partial charge in [-0.05, 0) is 46.5 Å².